The Bertz CT molecular complexity index is 820. The smallest absolute Gasteiger partial charge is 0.241 e. The lowest BCUT2D eigenvalue weighted by Crippen LogP contribution is -2.52. The summed E-state index contributed by atoms with van der Waals surface area (Å²) < 4.78 is 0. The number of hydrogen-bond acceptors (Lipinski definition) is 3. The van der Waals surface area contributed by atoms with Crippen LogP contribution in [0.25, 0.3) is 0 Å². The highest BCUT2D eigenvalue weighted by Crippen LogP contribution is 2.23. The zero-order valence-electron chi connectivity index (χ0n) is 17.3. The Hall–Kier alpha value is -1.88. The first-order valence-corrected chi connectivity index (χ1v) is 10.3. The molecule has 5 heteroatoms. The van der Waals surface area contributed by atoms with E-state index in [9.17, 15) is 4.79 Å². The Morgan fingerprint density at radius 2 is 1.71 bits per heavy atom. The maximum Gasteiger partial charge on any atom is 0.241 e. The van der Waals surface area contributed by atoms with Crippen LogP contribution < -0.4 is 5.32 Å². The van der Waals surface area contributed by atoms with Crippen LogP contribution in [0.2, 0.25) is 5.02 Å². The van der Waals surface area contributed by atoms with Crippen LogP contribution in [0.1, 0.15) is 29.2 Å². The van der Waals surface area contributed by atoms with Crippen molar-refractivity contribution < 1.29 is 4.79 Å². The van der Waals surface area contributed by atoms with Crippen molar-refractivity contribution in [2.45, 2.75) is 40.3 Å². The molecule has 4 nitrogen and oxygen atoms in total. The average molecular weight is 400 g/mol. The molecule has 0 unspecified atom stereocenters. The van der Waals surface area contributed by atoms with Gasteiger partial charge in [-0.05, 0) is 56.5 Å². The minimum atomic E-state index is -0.145. The number of hydrogen-bond donors (Lipinski definition) is 1. The summed E-state index contributed by atoms with van der Waals surface area (Å²) in [7, 11) is 0. The average Bonchev–Trinajstić information content (AvgIpc) is 2.64. The minimum Gasteiger partial charge on any atom is -0.324 e. The van der Waals surface area contributed by atoms with Crippen molar-refractivity contribution in [2.75, 3.05) is 31.5 Å². The predicted molar refractivity (Wildman–Crippen MR) is 117 cm³/mol. The van der Waals surface area contributed by atoms with E-state index in [4.69, 9.17) is 11.6 Å². The van der Waals surface area contributed by atoms with Crippen molar-refractivity contribution >= 4 is 23.2 Å². The van der Waals surface area contributed by atoms with Gasteiger partial charge in [-0.2, -0.15) is 0 Å². The van der Waals surface area contributed by atoms with E-state index in [1.54, 1.807) is 0 Å². The number of nitrogens with one attached hydrogen (secondary N) is 1. The van der Waals surface area contributed by atoms with Gasteiger partial charge in [-0.15, -0.1) is 0 Å². The molecule has 0 aliphatic carbocycles. The zero-order valence-corrected chi connectivity index (χ0v) is 18.0. The van der Waals surface area contributed by atoms with Crippen LogP contribution in [0.5, 0.6) is 0 Å². The molecule has 1 fully saturated rings. The largest absolute Gasteiger partial charge is 0.324 e. The summed E-state index contributed by atoms with van der Waals surface area (Å²) >= 11 is 6.09. The molecule has 1 aliphatic heterocycles. The standard InChI is InChI=1S/C23H30ClN3O/c1-16-12-17(2)22(18(3)13-16)25-23(28)19(4)27-10-8-26(9-11-27)15-20-6-5-7-21(24)14-20/h5-7,12-14,19H,8-11,15H2,1-4H3,(H,25,28)/t19-/m1/s1. The molecule has 0 saturated carbocycles. The number of amides is 1. The van der Waals surface area contributed by atoms with Gasteiger partial charge in [0.25, 0.3) is 0 Å². The molecule has 28 heavy (non-hydrogen) atoms. The lowest BCUT2D eigenvalue weighted by Gasteiger charge is -2.37. The quantitative estimate of drug-likeness (QED) is 0.808. The van der Waals surface area contributed by atoms with Gasteiger partial charge in [-0.3, -0.25) is 14.6 Å². The summed E-state index contributed by atoms with van der Waals surface area (Å²) in [4.78, 5) is 17.5. The highest BCUT2D eigenvalue weighted by atomic mass is 35.5. The molecular weight excluding hydrogens is 370 g/mol. The van der Waals surface area contributed by atoms with E-state index in [-0.39, 0.29) is 11.9 Å². The second-order valence-electron chi connectivity index (χ2n) is 7.88. The molecule has 1 amide bonds. The normalized spacial score (nSPS) is 16.8. The summed E-state index contributed by atoms with van der Waals surface area (Å²) in [6.45, 7) is 12.8. The van der Waals surface area contributed by atoms with Crippen molar-refractivity contribution in [2.24, 2.45) is 0 Å². The molecule has 1 aliphatic rings. The monoisotopic (exact) mass is 399 g/mol. The van der Waals surface area contributed by atoms with Gasteiger partial charge < -0.3 is 5.32 Å². The van der Waals surface area contributed by atoms with Crippen molar-refractivity contribution in [1.82, 2.24) is 9.80 Å². The third kappa shape index (κ3) is 5.13. The van der Waals surface area contributed by atoms with Gasteiger partial charge in [0.05, 0.1) is 6.04 Å². The summed E-state index contributed by atoms with van der Waals surface area (Å²) in [5.74, 6) is 0.0679. The maximum atomic E-state index is 12.8. The van der Waals surface area contributed by atoms with E-state index in [2.05, 4.69) is 54.1 Å². The minimum absolute atomic E-state index is 0.0679. The van der Waals surface area contributed by atoms with Crippen molar-refractivity contribution in [3.63, 3.8) is 0 Å². The van der Waals surface area contributed by atoms with Crippen LogP contribution in [0, 0.1) is 20.8 Å². The molecule has 1 N–H and O–H groups in total. The fourth-order valence-corrected chi connectivity index (χ4v) is 4.19. The Morgan fingerprint density at radius 3 is 2.32 bits per heavy atom. The maximum absolute atomic E-state index is 12.8. The van der Waals surface area contributed by atoms with Gasteiger partial charge in [0.1, 0.15) is 0 Å². The van der Waals surface area contributed by atoms with Gasteiger partial charge in [0.15, 0.2) is 0 Å². The molecule has 2 aromatic rings. The van der Waals surface area contributed by atoms with Crippen LogP contribution >= 0.6 is 11.6 Å². The second-order valence-corrected chi connectivity index (χ2v) is 8.32. The molecular formula is C23H30ClN3O. The lowest BCUT2D eigenvalue weighted by molar-refractivity contribution is -0.121. The zero-order chi connectivity index (χ0) is 20.3. The van der Waals surface area contributed by atoms with E-state index in [1.165, 1.54) is 11.1 Å². The highest BCUT2D eigenvalue weighted by Gasteiger charge is 2.26. The fourth-order valence-electron chi connectivity index (χ4n) is 3.97. The van der Waals surface area contributed by atoms with Gasteiger partial charge in [-0.1, -0.05) is 41.4 Å². The molecule has 150 valence electrons. The van der Waals surface area contributed by atoms with Crippen molar-refractivity contribution in [3.05, 3.63) is 63.7 Å². The third-order valence-electron chi connectivity index (χ3n) is 5.55. The van der Waals surface area contributed by atoms with E-state index in [1.807, 2.05) is 25.1 Å². The summed E-state index contributed by atoms with van der Waals surface area (Å²) in [5.41, 5.74) is 5.63. The van der Waals surface area contributed by atoms with Crippen LogP contribution in [-0.4, -0.2) is 47.9 Å². The molecule has 0 spiro atoms. The molecule has 1 saturated heterocycles. The number of anilines is 1. The summed E-state index contributed by atoms with van der Waals surface area (Å²) in [6, 6.07) is 12.1. The summed E-state index contributed by atoms with van der Waals surface area (Å²) in [6.07, 6.45) is 0. The van der Waals surface area contributed by atoms with Crippen molar-refractivity contribution in [1.29, 1.82) is 0 Å². The Balaban J connectivity index is 1.54. The SMILES string of the molecule is Cc1cc(C)c(NC(=O)[C@@H](C)N2CCN(Cc3cccc(Cl)c3)CC2)c(C)c1. The van der Waals surface area contributed by atoms with E-state index in [0.29, 0.717) is 0 Å². The highest BCUT2D eigenvalue weighted by molar-refractivity contribution is 6.30. The van der Waals surface area contributed by atoms with Crippen LogP contribution in [0.3, 0.4) is 0 Å². The van der Waals surface area contributed by atoms with E-state index in [0.717, 1.165) is 54.6 Å². The Labute approximate surface area is 173 Å². The first kappa shape index (κ1) is 20.8. The van der Waals surface area contributed by atoms with Crippen LogP contribution in [0.4, 0.5) is 5.69 Å². The van der Waals surface area contributed by atoms with E-state index >= 15 is 0 Å². The first-order chi connectivity index (χ1) is 13.3. The first-order valence-electron chi connectivity index (χ1n) is 9.93. The molecule has 0 aromatic heterocycles. The summed E-state index contributed by atoms with van der Waals surface area (Å²) in [5, 5.41) is 3.93. The number of nitrogens with zero attached hydrogens (tertiary/aromatic N) is 2. The van der Waals surface area contributed by atoms with E-state index < -0.39 is 0 Å². The molecule has 1 heterocycles. The molecule has 1 atom stereocenters. The van der Waals surface area contributed by atoms with Crippen LogP contribution in [-0.2, 0) is 11.3 Å². The number of carbonyl (C=O) groups is 1. The fraction of sp³-hybridized carbons (Fsp3) is 0.435. The lowest BCUT2D eigenvalue weighted by atomic mass is 10.0. The molecule has 2 aromatic carbocycles. The number of benzene rings is 2. The third-order valence-corrected chi connectivity index (χ3v) is 5.79. The number of piperazine rings is 1. The molecule has 0 radical (unpaired) electrons. The van der Waals surface area contributed by atoms with Gasteiger partial charge in [-0.25, -0.2) is 0 Å². The second kappa shape index (κ2) is 9.08. The molecule has 3 rings (SSSR count). The Morgan fingerprint density at radius 1 is 1.07 bits per heavy atom. The van der Waals surface area contributed by atoms with Gasteiger partial charge in [0, 0.05) is 43.4 Å². The van der Waals surface area contributed by atoms with Crippen LogP contribution in [0.15, 0.2) is 36.4 Å². The van der Waals surface area contributed by atoms with Crippen molar-refractivity contribution in [3.8, 4) is 0 Å². The molecule has 0 bridgehead atoms. The number of halogens is 1. The predicted octanol–water partition coefficient (Wildman–Crippen LogP) is 4.41. The topological polar surface area (TPSA) is 35.6 Å². The van der Waals surface area contributed by atoms with Gasteiger partial charge >= 0.3 is 0 Å². The number of aryl methyl sites for hydroxylation is 3. The number of carbonyl (C=O) groups excluding carboxylic acids is 1. The van der Waals surface area contributed by atoms with Gasteiger partial charge in [0.2, 0.25) is 5.91 Å². The number of rotatable bonds is 5. The Kier molecular flexibility index (Phi) is 6.76.